The lowest BCUT2D eigenvalue weighted by Crippen LogP contribution is -2.34. The molecule has 0 saturated heterocycles. The zero-order valence-corrected chi connectivity index (χ0v) is 16.7. The van der Waals surface area contributed by atoms with E-state index in [9.17, 15) is 4.79 Å². The van der Waals surface area contributed by atoms with Crippen LogP contribution in [0.15, 0.2) is 42.5 Å². The second-order valence-electron chi connectivity index (χ2n) is 5.56. The van der Waals surface area contributed by atoms with Gasteiger partial charge < -0.3 is 10.1 Å². The number of carbonyl (C=O) groups excluding carboxylic acids is 1. The van der Waals surface area contributed by atoms with E-state index in [1.165, 1.54) is 0 Å². The van der Waals surface area contributed by atoms with Gasteiger partial charge in [0.15, 0.2) is 5.11 Å². The van der Waals surface area contributed by atoms with Crippen LogP contribution >= 0.6 is 35.4 Å². The maximum absolute atomic E-state index is 12.5. The van der Waals surface area contributed by atoms with Crippen LogP contribution in [0, 0.1) is 0 Å². The molecule has 0 aliphatic rings. The number of ether oxygens (including phenoxy) is 1. The highest BCUT2D eigenvalue weighted by atomic mass is 35.5. The standard InChI is InChI=1S/C19H20Cl2N2O2S/c1-2-3-6-12-25-16-11-5-4-8-13(16)18(24)23-19(26)22-17-14(20)9-7-10-15(17)21/h4-5,7-11H,2-3,6,12H2,1H3,(H2,22,23,24,26). The van der Waals surface area contributed by atoms with Crippen LogP contribution in [-0.2, 0) is 0 Å². The first kappa shape index (κ1) is 20.5. The molecule has 0 bridgehead atoms. The molecule has 2 aromatic rings. The fourth-order valence-corrected chi connectivity index (χ4v) is 2.93. The summed E-state index contributed by atoms with van der Waals surface area (Å²) in [6, 6.07) is 12.1. The molecule has 2 N–H and O–H groups in total. The Labute approximate surface area is 168 Å². The van der Waals surface area contributed by atoms with Crippen LogP contribution in [0.25, 0.3) is 0 Å². The Morgan fingerprint density at radius 3 is 2.46 bits per heavy atom. The number of nitrogens with one attached hydrogen (secondary N) is 2. The summed E-state index contributed by atoms with van der Waals surface area (Å²) in [5, 5.41) is 6.40. The number of carbonyl (C=O) groups is 1. The molecule has 0 saturated carbocycles. The average molecular weight is 411 g/mol. The zero-order valence-electron chi connectivity index (χ0n) is 14.4. The molecular formula is C19H20Cl2N2O2S. The first-order valence-electron chi connectivity index (χ1n) is 8.31. The lowest BCUT2D eigenvalue weighted by atomic mass is 10.2. The number of hydrogen-bond acceptors (Lipinski definition) is 3. The summed E-state index contributed by atoms with van der Waals surface area (Å²) < 4.78 is 5.73. The van der Waals surface area contributed by atoms with Gasteiger partial charge in [0.1, 0.15) is 5.75 Å². The molecule has 0 heterocycles. The van der Waals surface area contributed by atoms with Crippen LogP contribution in [0.2, 0.25) is 10.0 Å². The minimum absolute atomic E-state index is 0.103. The van der Waals surface area contributed by atoms with Crippen molar-refractivity contribution in [1.82, 2.24) is 5.32 Å². The Kier molecular flexibility index (Phi) is 8.16. The van der Waals surface area contributed by atoms with Gasteiger partial charge in [-0.15, -0.1) is 0 Å². The summed E-state index contributed by atoms with van der Waals surface area (Å²) in [7, 11) is 0. The Morgan fingerprint density at radius 2 is 1.77 bits per heavy atom. The van der Waals surface area contributed by atoms with Crippen molar-refractivity contribution in [2.75, 3.05) is 11.9 Å². The minimum atomic E-state index is -0.364. The van der Waals surface area contributed by atoms with Gasteiger partial charge in [-0.1, -0.05) is 61.2 Å². The van der Waals surface area contributed by atoms with E-state index in [4.69, 9.17) is 40.2 Å². The molecule has 0 radical (unpaired) electrons. The highest BCUT2D eigenvalue weighted by Crippen LogP contribution is 2.29. The van der Waals surface area contributed by atoms with E-state index >= 15 is 0 Å². The molecule has 138 valence electrons. The monoisotopic (exact) mass is 410 g/mol. The Hall–Kier alpha value is -1.82. The molecule has 0 atom stereocenters. The SMILES string of the molecule is CCCCCOc1ccccc1C(=O)NC(=S)Nc1c(Cl)cccc1Cl. The third-order valence-corrected chi connectivity index (χ3v) is 4.40. The van der Waals surface area contributed by atoms with Crippen molar-refractivity contribution in [3.8, 4) is 5.75 Å². The van der Waals surface area contributed by atoms with E-state index in [2.05, 4.69) is 17.6 Å². The molecule has 0 aliphatic carbocycles. The van der Waals surface area contributed by atoms with Crippen LogP contribution in [-0.4, -0.2) is 17.6 Å². The highest BCUT2D eigenvalue weighted by molar-refractivity contribution is 7.80. The Balaban J connectivity index is 2.02. The van der Waals surface area contributed by atoms with Crippen molar-refractivity contribution in [3.05, 3.63) is 58.1 Å². The molecule has 0 unspecified atom stereocenters. The van der Waals surface area contributed by atoms with Crippen molar-refractivity contribution in [1.29, 1.82) is 0 Å². The number of amides is 1. The summed E-state index contributed by atoms with van der Waals surface area (Å²) in [4.78, 5) is 12.5. The van der Waals surface area contributed by atoms with Crippen LogP contribution in [0.5, 0.6) is 5.75 Å². The van der Waals surface area contributed by atoms with E-state index in [1.807, 2.05) is 6.07 Å². The van der Waals surface area contributed by atoms with Crippen LogP contribution in [0.4, 0.5) is 5.69 Å². The minimum Gasteiger partial charge on any atom is -0.493 e. The molecule has 0 fully saturated rings. The Bertz CT molecular complexity index is 764. The van der Waals surface area contributed by atoms with Crippen molar-refractivity contribution in [3.63, 3.8) is 0 Å². The van der Waals surface area contributed by atoms with Crippen molar-refractivity contribution < 1.29 is 9.53 Å². The molecule has 0 aliphatic heterocycles. The van der Waals surface area contributed by atoms with Crippen molar-refractivity contribution in [2.45, 2.75) is 26.2 Å². The molecule has 4 nitrogen and oxygen atoms in total. The van der Waals surface area contributed by atoms with Gasteiger partial charge in [0.2, 0.25) is 0 Å². The smallest absolute Gasteiger partial charge is 0.261 e. The number of rotatable bonds is 7. The van der Waals surface area contributed by atoms with Gasteiger partial charge >= 0.3 is 0 Å². The number of hydrogen-bond donors (Lipinski definition) is 2. The molecular weight excluding hydrogens is 391 g/mol. The lowest BCUT2D eigenvalue weighted by molar-refractivity contribution is 0.0973. The lowest BCUT2D eigenvalue weighted by Gasteiger charge is -2.14. The summed E-state index contributed by atoms with van der Waals surface area (Å²) in [6.07, 6.45) is 3.13. The highest BCUT2D eigenvalue weighted by Gasteiger charge is 2.15. The van der Waals surface area contributed by atoms with Gasteiger partial charge in [0, 0.05) is 0 Å². The van der Waals surface area contributed by atoms with E-state index in [-0.39, 0.29) is 11.0 Å². The van der Waals surface area contributed by atoms with Crippen molar-refractivity contribution >= 4 is 52.1 Å². The summed E-state index contributed by atoms with van der Waals surface area (Å²) in [5.74, 6) is 0.163. The van der Waals surface area contributed by atoms with Gasteiger partial charge in [-0.2, -0.15) is 0 Å². The molecule has 2 aromatic carbocycles. The predicted molar refractivity (Wildman–Crippen MR) is 112 cm³/mol. The average Bonchev–Trinajstić information content (AvgIpc) is 2.62. The molecule has 2 rings (SSSR count). The summed E-state index contributed by atoms with van der Waals surface area (Å²) in [5.41, 5.74) is 0.864. The number of halogens is 2. The summed E-state index contributed by atoms with van der Waals surface area (Å²) in [6.45, 7) is 2.69. The predicted octanol–water partition coefficient (Wildman–Crippen LogP) is 5.69. The van der Waals surface area contributed by atoms with E-state index < -0.39 is 0 Å². The van der Waals surface area contributed by atoms with E-state index in [0.29, 0.717) is 33.7 Å². The third-order valence-electron chi connectivity index (χ3n) is 3.57. The topological polar surface area (TPSA) is 50.4 Å². The number of benzene rings is 2. The van der Waals surface area contributed by atoms with Crippen LogP contribution in [0.3, 0.4) is 0 Å². The fraction of sp³-hybridized carbons (Fsp3) is 0.263. The van der Waals surface area contributed by atoms with E-state index in [0.717, 1.165) is 19.3 Å². The quantitative estimate of drug-likeness (QED) is 0.454. The zero-order chi connectivity index (χ0) is 18.9. The van der Waals surface area contributed by atoms with E-state index in [1.54, 1.807) is 36.4 Å². The first-order valence-corrected chi connectivity index (χ1v) is 9.47. The molecule has 1 amide bonds. The number of unbranched alkanes of at least 4 members (excludes halogenated alkanes) is 2. The Morgan fingerprint density at radius 1 is 1.08 bits per heavy atom. The number of anilines is 1. The van der Waals surface area contributed by atoms with Crippen LogP contribution < -0.4 is 15.4 Å². The maximum atomic E-state index is 12.5. The normalized spacial score (nSPS) is 10.3. The molecule has 0 spiro atoms. The van der Waals surface area contributed by atoms with Gasteiger partial charge in [-0.25, -0.2) is 0 Å². The van der Waals surface area contributed by atoms with Gasteiger partial charge in [-0.3, -0.25) is 10.1 Å². The van der Waals surface area contributed by atoms with Gasteiger partial charge in [0.25, 0.3) is 5.91 Å². The first-order chi connectivity index (χ1) is 12.5. The molecule has 7 heteroatoms. The summed E-state index contributed by atoms with van der Waals surface area (Å²) >= 11 is 17.4. The number of para-hydroxylation sites is 2. The second kappa shape index (κ2) is 10.4. The second-order valence-corrected chi connectivity index (χ2v) is 6.78. The van der Waals surface area contributed by atoms with Gasteiger partial charge in [-0.05, 0) is 42.9 Å². The maximum Gasteiger partial charge on any atom is 0.261 e. The largest absolute Gasteiger partial charge is 0.493 e. The molecule has 26 heavy (non-hydrogen) atoms. The third kappa shape index (κ3) is 5.87. The van der Waals surface area contributed by atoms with Crippen molar-refractivity contribution in [2.24, 2.45) is 0 Å². The van der Waals surface area contributed by atoms with Crippen LogP contribution in [0.1, 0.15) is 36.5 Å². The fourth-order valence-electron chi connectivity index (χ4n) is 2.25. The van der Waals surface area contributed by atoms with Gasteiger partial charge in [0.05, 0.1) is 27.9 Å². The molecule has 0 aromatic heterocycles. The number of thiocarbonyl (C=S) groups is 1.